The fraction of sp³-hybridized carbons (Fsp3) is 0.727. The van der Waals surface area contributed by atoms with Crippen molar-refractivity contribution in [3.8, 4) is 0 Å². The van der Waals surface area contributed by atoms with Crippen LogP contribution in [0.2, 0.25) is 0 Å². The summed E-state index contributed by atoms with van der Waals surface area (Å²) >= 11 is 1.65. The molecule has 0 aliphatic heterocycles. The molecule has 0 saturated carbocycles. The highest BCUT2D eigenvalue weighted by atomic mass is 32.1. The maximum atomic E-state index is 9.02. The van der Waals surface area contributed by atoms with E-state index in [0.717, 1.165) is 10.7 Å². The minimum atomic E-state index is -0.193. The van der Waals surface area contributed by atoms with Crippen molar-refractivity contribution in [1.29, 1.82) is 0 Å². The molecule has 0 spiro atoms. The van der Waals surface area contributed by atoms with Gasteiger partial charge in [0, 0.05) is 31.2 Å². The van der Waals surface area contributed by atoms with Crippen molar-refractivity contribution in [2.45, 2.75) is 32.4 Å². The fourth-order valence-corrected chi connectivity index (χ4v) is 2.18. The van der Waals surface area contributed by atoms with Crippen LogP contribution in [0, 0.1) is 6.92 Å². The Hall–Kier alpha value is -0.490. The van der Waals surface area contributed by atoms with Gasteiger partial charge >= 0.3 is 0 Å². The summed E-state index contributed by atoms with van der Waals surface area (Å²) in [7, 11) is 1.67. The monoisotopic (exact) mass is 244 g/mol. The molecular formula is C11H20N2O2S. The molecule has 0 aliphatic carbocycles. The Bertz CT molecular complexity index is 309. The van der Waals surface area contributed by atoms with E-state index >= 15 is 0 Å². The Labute approximate surface area is 101 Å². The number of hydrogen-bond donors (Lipinski definition) is 2. The number of methoxy groups -OCH3 is 1. The Morgan fingerprint density at radius 1 is 1.62 bits per heavy atom. The molecule has 2 N–H and O–H groups in total. The summed E-state index contributed by atoms with van der Waals surface area (Å²) in [6.07, 6.45) is 0.671. The molecule has 0 bridgehead atoms. The molecule has 0 radical (unpaired) electrons. The lowest BCUT2D eigenvalue weighted by Gasteiger charge is -2.29. The maximum Gasteiger partial charge on any atom is 0.0897 e. The zero-order valence-electron chi connectivity index (χ0n) is 10.1. The first-order valence-corrected chi connectivity index (χ1v) is 6.23. The van der Waals surface area contributed by atoms with Gasteiger partial charge in [0.15, 0.2) is 0 Å². The first-order chi connectivity index (χ1) is 7.59. The van der Waals surface area contributed by atoms with E-state index in [1.165, 1.54) is 0 Å². The third-order valence-electron chi connectivity index (χ3n) is 2.49. The number of aryl methyl sites for hydroxylation is 1. The van der Waals surface area contributed by atoms with Crippen LogP contribution in [0.4, 0.5) is 0 Å². The number of aliphatic hydroxyl groups excluding tert-OH is 1. The number of nitrogens with one attached hydrogen (secondary N) is 1. The average molecular weight is 244 g/mol. The first-order valence-electron chi connectivity index (χ1n) is 5.35. The van der Waals surface area contributed by atoms with Gasteiger partial charge in [0.2, 0.25) is 0 Å². The zero-order chi connectivity index (χ0) is 12.0. The van der Waals surface area contributed by atoms with Crippen LogP contribution >= 0.6 is 11.3 Å². The van der Waals surface area contributed by atoms with E-state index in [1.54, 1.807) is 18.4 Å². The largest absolute Gasteiger partial charge is 0.396 e. The van der Waals surface area contributed by atoms with Crippen molar-refractivity contribution in [2.75, 3.05) is 20.3 Å². The molecule has 0 aliphatic rings. The number of nitrogens with zero attached hydrogens (tertiary/aromatic N) is 1. The van der Waals surface area contributed by atoms with Gasteiger partial charge in [-0.3, -0.25) is 0 Å². The maximum absolute atomic E-state index is 9.02. The molecule has 1 unspecified atom stereocenters. The van der Waals surface area contributed by atoms with E-state index in [0.29, 0.717) is 19.6 Å². The second-order valence-electron chi connectivity index (χ2n) is 4.18. The summed E-state index contributed by atoms with van der Waals surface area (Å²) in [5.74, 6) is 0. The van der Waals surface area contributed by atoms with Gasteiger partial charge in [0.05, 0.1) is 17.3 Å². The van der Waals surface area contributed by atoms with E-state index < -0.39 is 0 Å². The van der Waals surface area contributed by atoms with Crippen molar-refractivity contribution in [2.24, 2.45) is 0 Å². The Morgan fingerprint density at radius 3 is 2.88 bits per heavy atom. The topological polar surface area (TPSA) is 54.4 Å². The van der Waals surface area contributed by atoms with Crippen LogP contribution in [0.3, 0.4) is 0 Å². The average Bonchev–Trinajstić information content (AvgIpc) is 2.62. The Kier molecular flexibility index (Phi) is 5.34. The SMILES string of the molecule is COCC(C)(CCO)NCc1csc(C)n1. The van der Waals surface area contributed by atoms with Gasteiger partial charge < -0.3 is 15.2 Å². The molecule has 1 rings (SSSR count). The number of aliphatic hydroxyl groups is 1. The highest BCUT2D eigenvalue weighted by Gasteiger charge is 2.23. The molecular weight excluding hydrogens is 224 g/mol. The van der Waals surface area contributed by atoms with Gasteiger partial charge in [-0.15, -0.1) is 11.3 Å². The van der Waals surface area contributed by atoms with E-state index in [4.69, 9.17) is 9.84 Å². The molecule has 0 aromatic carbocycles. The van der Waals surface area contributed by atoms with Crippen molar-refractivity contribution < 1.29 is 9.84 Å². The molecule has 0 amide bonds. The number of ether oxygens (including phenoxy) is 1. The molecule has 1 aromatic heterocycles. The van der Waals surface area contributed by atoms with Crippen molar-refractivity contribution in [3.05, 3.63) is 16.1 Å². The molecule has 4 nitrogen and oxygen atoms in total. The van der Waals surface area contributed by atoms with Crippen LogP contribution in [0.1, 0.15) is 24.0 Å². The Balaban J connectivity index is 2.49. The van der Waals surface area contributed by atoms with Crippen molar-refractivity contribution in [1.82, 2.24) is 10.3 Å². The fourth-order valence-electron chi connectivity index (χ4n) is 1.57. The van der Waals surface area contributed by atoms with Crippen molar-refractivity contribution in [3.63, 3.8) is 0 Å². The molecule has 16 heavy (non-hydrogen) atoms. The summed E-state index contributed by atoms with van der Waals surface area (Å²) in [5, 5.41) is 15.5. The van der Waals surface area contributed by atoms with Crippen LogP contribution in [-0.4, -0.2) is 36.0 Å². The van der Waals surface area contributed by atoms with Crippen LogP contribution in [-0.2, 0) is 11.3 Å². The van der Waals surface area contributed by atoms with E-state index in [-0.39, 0.29) is 12.1 Å². The second kappa shape index (κ2) is 6.30. The summed E-state index contributed by atoms with van der Waals surface area (Å²) in [4.78, 5) is 4.39. The summed E-state index contributed by atoms with van der Waals surface area (Å²) < 4.78 is 5.16. The van der Waals surface area contributed by atoms with Crippen LogP contribution < -0.4 is 5.32 Å². The molecule has 1 heterocycles. The molecule has 0 fully saturated rings. The highest BCUT2D eigenvalue weighted by Crippen LogP contribution is 2.13. The summed E-state index contributed by atoms with van der Waals surface area (Å²) in [6.45, 7) is 5.49. The highest BCUT2D eigenvalue weighted by molar-refractivity contribution is 7.09. The van der Waals surface area contributed by atoms with Crippen LogP contribution in [0.5, 0.6) is 0 Å². The molecule has 0 saturated heterocycles. The smallest absolute Gasteiger partial charge is 0.0897 e. The van der Waals surface area contributed by atoms with Gasteiger partial charge in [0.25, 0.3) is 0 Å². The minimum Gasteiger partial charge on any atom is -0.396 e. The third-order valence-corrected chi connectivity index (χ3v) is 3.31. The zero-order valence-corrected chi connectivity index (χ0v) is 10.9. The summed E-state index contributed by atoms with van der Waals surface area (Å²) in [5.41, 5.74) is 0.851. The number of rotatable bonds is 7. The molecule has 1 aromatic rings. The number of aromatic nitrogens is 1. The lowest BCUT2D eigenvalue weighted by Crippen LogP contribution is -2.46. The van der Waals surface area contributed by atoms with Crippen molar-refractivity contribution >= 4 is 11.3 Å². The number of thiazole rings is 1. The van der Waals surface area contributed by atoms with Gasteiger partial charge in [-0.25, -0.2) is 4.98 Å². The van der Waals surface area contributed by atoms with Crippen LogP contribution in [0.15, 0.2) is 5.38 Å². The Morgan fingerprint density at radius 2 is 2.38 bits per heavy atom. The third kappa shape index (κ3) is 4.17. The van der Waals surface area contributed by atoms with E-state index in [2.05, 4.69) is 15.7 Å². The van der Waals surface area contributed by atoms with E-state index in [1.807, 2.05) is 13.8 Å². The second-order valence-corrected chi connectivity index (χ2v) is 5.24. The minimum absolute atomic E-state index is 0.156. The predicted octanol–water partition coefficient (Wildman–Crippen LogP) is 1.33. The number of hydrogen-bond acceptors (Lipinski definition) is 5. The van der Waals surface area contributed by atoms with Gasteiger partial charge in [-0.2, -0.15) is 0 Å². The van der Waals surface area contributed by atoms with Gasteiger partial charge in [0.1, 0.15) is 0 Å². The molecule has 92 valence electrons. The van der Waals surface area contributed by atoms with Gasteiger partial charge in [-0.05, 0) is 20.3 Å². The lowest BCUT2D eigenvalue weighted by molar-refractivity contribution is 0.0967. The lowest BCUT2D eigenvalue weighted by atomic mass is 9.99. The molecule has 1 atom stereocenters. The van der Waals surface area contributed by atoms with Gasteiger partial charge in [-0.1, -0.05) is 0 Å². The summed E-state index contributed by atoms with van der Waals surface area (Å²) in [6, 6.07) is 0. The quantitative estimate of drug-likeness (QED) is 0.760. The molecule has 5 heteroatoms. The predicted molar refractivity (Wildman–Crippen MR) is 65.7 cm³/mol. The normalized spacial score (nSPS) is 15.0. The van der Waals surface area contributed by atoms with E-state index in [9.17, 15) is 0 Å². The van der Waals surface area contributed by atoms with Crippen LogP contribution in [0.25, 0.3) is 0 Å². The first kappa shape index (κ1) is 13.6. The standard InChI is InChI=1S/C11H20N2O2S/c1-9-13-10(7-16-9)6-12-11(2,4-5-14)8-15-3/h7,12,14H,4-6,8H2,1-3H3.